The third-order valence-electron chi connectivity index (χ3n) is 1.54. The second-order valence-electron chi connectivity index (χ2n) is 2.88. The molecule has 0 saturated heterocycles. The Hall–Kier alpha value is -0.480. The molecule has 0 aromatic carbocycles. The Morgan fingerprint density at radius 2 is 2.36 bits per heavy atom. The molecule has 0 unspecified atom stereocenters. The van der Waals surface area contributed by atoms with Crippen molar-refractivity contribution < 1.29 is 4.79 Å². The van der Waals surface area contributed by atoms with Crippen LogP contribution in [0.2, 0.25) is 0 Å². The summed E-state index contributed by atoms with van der Waals surface area (Å²) in [6.07, 6.45) is 3.44. The zero-order chi connectivity index (χ0) is 10.2. The van der Waals surface area contributed by atoms with Gasteiger partial charge in [0, 0.05) is 18.4 Å². The Morgan fingerprint density at radius 3 is 3.00 bits per heavy atom. The van der Waals surface area contributed by atoms with Gasteiger partial charge in [0.25, 0.3) is 0 Å². The first kappa shape index (κ1) is 11.6. The van der Waals surface area contributed by atoms with E-state index in [1.807, 2.05) is 18.2 Å². The first-order valence-corrected chi connectivity index (χ1v) is 6.81. The lowest BCUT2D eigenvalue weighted by atomic mass is 10.3. The van der Waals surface area contributed by atoms with E-state index in [1.165, 1.54) is 0 Å². The summed E-state index contributed by atoms with van der Waals surface area (Å²) in [5.74, 6) is 1.27. The predicted molar refractivity (Wildman–Crippen MR) is 62.5 cm³/mol. The van der Waals surface area contributed by atoms with E-state index in [0.29, 0.717) is 6.42 Å². The molecule has 0 aliphatic rings. The van der Waals surface area contributed by atoms with Crippen molar-refractivity contribution in [2.75, 3.05) is 5.75 Å². The molecule has 0 bridgehead atoms. The lowest BCUT2D eigenvalue weighted by Gasteiger charge is -1.98. The number of carbonyl (C=O) groups is 1. The third-order valence-corrected chi connectivity index (χ3v) is 3.89. The van der Waals surface area contributed by atoms with Gasteiger partial charge in [-0.1, -0.05) is 16.9 Å². The van der Waals surface area contributed by atoms with Crippen LogP contribution in [0.3, 0.4) is 0 Å². The van der Waals surface area contributed by atoms with Crippen LogP contribution in [0.25, 0.3) is 0 Å². The van der Waals surface area contributed by atoms with E-state index in [9.17, 15) is 4.79 Å². The number of ketones is 1. The van der Waals surface area contributed by atoms with Gasteiger partial charge in [-0.3, -0.25) is 0 Å². The lowest BCUT2D eigenvalue weighted by molar-refractivity contribution is -0.117. The van der Waals surface area contributed by atoms with Gasteiger partial charge in [0.05, 0.1) is 0 Å². The molecule has 1 aromatic heterocycles. The van der Waals surface area contributed by atoms with Crippen LogP contribution in [0.1, 0.15) is 19.8 Å². The van der Waals surface area contributed by atoms with Crippen molar-refractivity contribution in [2.24, 2.45) is 0 Å². The highest BCUT2D eigenvalue weighted by atomic mass is 33.1. The summed E-state index contributed by atoms with van der Waals surface area (Å²) in [6.45, 7) is 1.64. The first-order chi connectivity index (χ1) is 6.79. The van der Waals surface area contributed by atoms with Gasteiger partial charge in [-0.05, 0) is 36.3 Å². The number of hydrogen-bond acceptors (Lipinski definition) is 4. The van der Waals surface area contributed by atoms with Gasteiger partial charge in [0.2, 0.25) is 0 Å². The van der Waals surface area contributed by atoms with E-state index in [0.717, 1.165) is 17.2 Å². The van der Waals surface area contributed by atoms with E-state index in [2.05, 4.69) is 4.98 Å². The Bertz CT molecular complexity index is 277. The van der Waals surface area contributed by atoms with Gasteiger partial charge >= 0.3 is 0 Å². The Balaban J connectivity index is 2.08. The normalized spacial score (nSPS) is 10.1. The van der Waals surface area contributed by atoms with Gasteiger partial charge in [-0.25, -0.2) is 4.98 Å². The fraction of sp³-hybridized carbons (Fsp3) is 0.400. The Labute approximate surface area is 92.3 Å². The fourth-order valence-corrected chi connectivity index (χ4v) is 2.84. The number of aromatic nitrogens is 1. The maximum absolute atomic E-state index is 10.6. The van der Waals surface area contributed by atoms with Crippen LogP contribution in [0.5, 0.6) is 0 Å². The molecule has 4 heteroatoms. The number of pyridine rings is 1. The molecule has 0 aliphatic heterocycles. The van der Waals surface area contributed by atoms with Crippen molar-refractivity contribution in [1.82, 2.24) is 4.98 Å². The Morgan fingerprint density at radius 1 is 1.50 bits per heavy atom. The molecule has 0 amide bonds. The number of nitrogens with zero attached hydrogens (tertiary/aromatic N) is 1. The molecular formula is C10H13NOS2. The average molecular weight is 227 g/mol. The van der Waals surface area contributed by atoms with Crippen molar-refractivity contribution in [3.63, 3.8) is 0 Å². The number of carbonyl (C=O) groups excluding carboxylic acids is 1. The number of hydrogen-bond donors (Lipinski definition) is 0. The van der Waals surface area contributed by atoms with E-state index < -0.39 is 0 Å². The molecule has 0 radical (unpaired) electrons. The monoisotopic (exact) mass is 227 g/mol. The molecule has 1 rings (SSSR count). The molecule has 0 aliphatic carbocycles. The summed E-state index contributed by atoms with van der Waals surface area (Å²) in [5, 5.41) is 1.03. The Kier molecular flexibility index (Phi) is 5.71. The summed E-state index contributed by atoms with van der Waals surface area (Å²) in [6, 6.07) is 5.87. The molecule has 0 saturated carbocycles. The lowest BCUT2D eigenvalue weighted by Crippen LogP contribution is -1.89. The fourth-order valence-electron chi connectivity index (χ4n) is 0.878. The molecule has 0 atom stereocenters. The second kappa shape index (κ2) is 6.90. The third kappa shape index (κ3) is 5.29. The molecule has 0 spiro atoms. The van der Waals surface area contributed by atoms with E-state index in [1.54, 1.807) is 34.7 Å². The van der Waals surface area contributed by atoms with Gasteiger partial charge in [-0.15, -0.1) is 0 Å². The smallest absolute Gasteiger partial charge is 0.129 e. The minimum absolute atomic E-state index is 0.272. The van der Waals surface area contributed by atoms with Crippen molar-refractivity contribution in [3.05, 3.63) is 24.4 Å². The van der Waals surface area contributed by atoms with Crippen LogP contribution >= 0.6 is 21.6 Å². The molecule has 1 heterocycles. The van der Waals surface area contributed by atoms with Crippen molar-refractivity contribution in [1.29, 1.82) is 0 Å². The quantitative estimate of drug-likeness (QED) is 0.551. The molecular weight excluding hydrogens is 214 g/mol. The highest BCUT2D eigenvalue weighted by Gasteiger charge is 1.96. The van der Waals surface area contributed by atoms with Crippen LogP contribution in [-0.2, 0) is 4.79 Å². The van der Waals surface area contributed by atoms with Crippen LogP contribution in [0.15, 0.2) is 29.4 Å². The molecule has 2 nitrogen and oxygen atoms in total. The zero-order valence-electron chi connectivity index (χ0n) is 8.10. The van der Waals surface area contributed by atoms with E-state index in [-0.39, 0.29) is 5.78 Å². The van der Waals surface area contributed by atoms with Crippen LogP contribution in [-0.4, -0.2) is 16.5 Å². The largest absolute Gasteiger partial charge is 0.300 e. The number of Topliss-reactive ketones (excluding diaryl/α,β-unsaturated/α-hetero) is 1. The second-order valence-corrected chi connectivity index (χ2v) is 5.31. The SMILES string of the molecule is CC(=O)CCCSSc1ccccn1. The maximum Gasteiger partial charge on any atom is 0.129 e. The first-order valence-electron chi connectivity index (χ1n) is 4.49. The zero-order valence-corrected chi connectivity index (χ0v) is 9.74. The summed E-state index contributed by atoms with van der Waals surface area (Å²) in [4.78, 5) is 14.8. The molecule has 14 heavy (non-hydrogen) atoms. The highest BCUT2D eigenvalue weighted by molar-refractivity contribution is 8.76. The maximum atomic E-state index is 10.6. The summed E-state index contributed by atoms with van der Waals surface area (Å²) in [7, 11) is 3.42. The highest BCUT2D eigenvalue weighted by Crippen LogP contribution is 2.29. The van der Waals surface area contributed by atoms with Gasteiger partial charge in [0.1, 0.15) is 10.8 Å². The molecule has 76 valence electrons. The molecule has 0 N–H and O–H groups in total. The molecule has 0 fully saturated rings. The average Bonchev–Trinajstić information content (AvgIpc) is 2.18. The van der Waals surface area contributed by atoms with Crippen LogP contribution in [0, 0.1) is 0 Å². The summed E-state index contributed by atoms with van der Waals surface area (Å²) in [5.41, 5.74) is 0. The van der Waals surface area contributed by atoms with Crippen LogP contribution < -0.4 is 0 Å². The van der Waals surface area contributed by atoms with Crippen molar-refractivity contribution in [3.8, 4) is 0 Å². The predicted octanol–water partition coefficient (Wildman–Crippen LogP) is 3.19. The van der Waals surface area contributed by atoms with Crippen LogP contribution in [0.4, 0.5) is 0 Å². The molecule has 1 aromatic rings. The van der Waals surface area contributed by atoms with E-state index >= 15 is 0 Å². The standard InChI is InChI=1S/C10H13NOS2/c1-9(12)5-4-8-13-14-10-6-2-3-7-11-10/h2-3,6-7H,4-5,8H2,1H3. The van der Waals surface area contributed by atoms with Gasteiger partial charge in [-0.2, -0.15) is 0 Å². The minimum Gasteiger partial charge on any atom is -0.300 e. The van der Waals surface area contributed by atoms with Gasteiger partial charge in [0.15, 0.2) is 0 Å². The van der Waals surface area contributed by atoms with E-state index in [4.69, 9.17) is 0 Å². The van der Waals surface area contributed by atoms with Crippen molar-refractivity contribution >= 4 is 27.4 Å². The van der Waals surface area contributed by atoms with Crippen molar-refractivity contribution in [2.45, 2.75) is 24.8 Å². The number of rotatable bonds is 6. The topological polar surface area (TPSA) is 30.0 Å². The summed E-state index contributed by atoms with van der Waals surface area (Å²) < 4.78 is 0. The van der Waals surface area contributed by atoms with Gasteiger partial charge < -0.3 is 4.79 Å². The summed E-state index contributed by atoms with van der Waals surface area (Å²) >= 11 is 0. The minimum atomic E-state index is 0.272.